The van der Waals surface area contributed by atoms with Gasteiger partial charge in [-0.15, -0.1) is 0 Å². The minimum absolute atomic E-state index is 0.278. The number of aromatic nitrogens is 2. The molecule has 1 heterocycles. The Kier molecular flexibility index (Phi) is 4.32. The molecule has 1 rings (SSSR count). The van der Waals surface area contributed by atoms with E-state index in [4.69, 9.17) is 4.74 Å². The first-order chi connectivity index (χ1) is 6.70. The fourth-order valence-corrected chi connectivity index (χ4v) is 1.05. The third-order valence-corrected chi connectivity index (χ3v) is 1.73. The van der Waals surface area contributed by atoms with Crippen LogP contribution in [0.25, 0.3) is 0 Å². The Labute approximate surface area is 84.7 Å². The van der Waals surface area contributed by atoms with Gasteiger partial charge in [0.25, 0.3) is 0 Å². The highest BCUT2D eigenvalue weighted by Crippen LogP contribution is 2.04. The average Bonchev–Trinajstić information content (AvgIpc) is 2.15. The molecule has 4 nitrogen and oxygen atoms in total. The summed E-state index contributed by atoms with van der Waals surface area (Å²) in [6.45, 7) is 7.42. The fraction of sp³-hybridized carbons (Fsp3) is 0.600. The Bertz CT molecular complexity index is 276. The second-order valence-corrected chi connectivity index (χ2v) is 3.34. The number of nitrogens with zero attached hydrogens (tertiary/aromatic N) is 2. The summed E-state index contributed by atoms with van der Waals surface area (Å²) in [6.07, 6.45) is 3.64. The highest BCUT2D eigenvalue weighted by Gasteiger charge is 1.98. The van der Waals surface area contributed by atoms with Crippen LogP contribution in [0.15, 0.2) is 12.4 Å². The van der Waals surface area contributed by atoms with E-state index < -0.39 is 0 Å². The smallest absolute Gasteiger partial charge is 0.147 e. The van der Waals surface area contributed by atoms with E-state index in [1.54, 1.807) is 12.4 Å². The summed E-state index contributed by atoms with van der Waals surface area (Å²) in [5.41, 5.74) is 0.914. The minimum Gasteiger partial charge on any atom is -0.377 e. The molecule has 0 saturated carbocycles. The van der Waals surface area contributed by atoms with Crippen molar-refractivity contribution in [1.29, 1.82) is 0 Å². The van der Waals surface area contributed by atoms with Crippen molar-refractivity contribution in [2.75, 3.05) is 18.5 Å². The summed E-state index contributed by atoms with van der Waals surface area (Å²) in [4.78, 5) is 8.29. The summed E-state index contributed by atoms with van der Waals surface area (Å²) in [6, 6.07) is 0. The van der Waals surface area contributed by atoms with Crippen molar-refractivity contribution in [2.45, 2.75) is 26.9 Å². The molecular formula is C10H17N3O. The summed E-state index contributed by atoms with van der Waals surface area (Å²) < 4.78 is 5.39. The van der Waals surface area contributed by atoms with E-state index >= 15 is 0 Å². The monoisotopic (exact) mass is 195 g/mol. The lowest BCUT2D eigenvalue weighted by molar-refractivity contribution is 0.0870. The molecule has 0 amide bonds. The average molecular weight is 195 g/mol. The van der Waals surface area contributed by atoms with Crippen molar-refractivity contribution < 1.29 is 4.74 Å². The van der Waals surface area contributed by atoms with Crippen molar-refractivity contribution in [3.05, 3.63) is 18.1 Å². The molecule has 4 heteroatoms. The van der Waals surface area contributed by atoms with E-state index in [9.17, 15) is 0 Å². The predicted octanol–water partition coefficient (Wildman–Crippen LogP) is 1.62. The molecule has 1 N–H and O–H groups in total. The van der Waals surface area contributed by atoms with Gasteiger partial charge in [-0.3, -0.25) is 4.98 Å². The van der Waals surface area contributed by atoms with Gasteiger partial charge >= 0.3 is 0 Å². The third-order valence-electron chi connectivity index (χ3n) is 1.73. The van der Waals surface area contributed by atoms with E-state index in [0.717, 1.165) is 18.1 Å². The minimum atomic E-state index is 0.278. The van der Waals surface area contributed by atoms with E-state index in [0.29, 0.717) is 6.61 Å². The summed E-state index contributed by atoms with van der Waals surface area (Å²) >= 11 is 0. The Morgan fingerprint density at radius 1 is 1.36 bits per heavy atom. The lowest BCUT2D eigenvalue weighted by Gasteiger charge is -2.09. The first-order valence-corrected chi connectivity index (χ1v) is 4.83. The van der Waals surface area contributed by atoms with Crippen LogP contribution in [0, 0.1) is 6.92 Å². The first kappa shape index (κ1) is 10.9. The molecule has 0 aliphatic rings. The standard InChI is InChI=1S/C10H17N3O/c1-8(2)14-7-6-13-10-9(3)11-4-5-12-10/h4-5,8H,6-7H2,1-3H3,(H,12,13). The first-order valence-electron chi connectivity index (χ1n) is 4.83. The molecular weight excluding hydrogens is 178 g/mol. The van der Waals surface area contributed by atoms with Crippen LogP contribution >= 0.6 is 0 Å². The van der Waals surface area contributed by atoms with E-state index in [1.165, 1.54) is 0 Å². The van der Waals surface area contributed by atoms with Crippen LogP contribution in [-0.2, 0) is 4.74 Å². The maximum Gasteiger partial charge on any atom is 0.147 e. The molecule has 0 atom stereocenters. The lowest BCUT2D eigenvalue weighted by Crippen LogP contribution is -2.14. The van der Waals surface area contributed by atoms with Crippen molar-refractivity contribution in [1.82, 2.24) is 9.97 Å². The van der Waals surface area contributed by atoms with Gasteiger partial charge in [0.15, 0.2) is 0 Å². The Hall–Kier alpha value is -1.16. The maximum absolute atomic E-state index is 5.39. The van der Waals surface area contributed by atoms with Crippen LogP contribution < -0.4 is 5.32 Å². The second kappa shape index (κ2) is 5.54. The molecule has 0 spiro atoms. The molecule has 0 radical (unpaired) electrons. The molecule has 0 saturated heterocycles. The third kappa shape index (κ3) is 3.70. The van der Waals surface area contributed by atoms with Crippen LogP contribution in [0.4, 0.5) is 5.82 Å². The molecule has 14 heavy (non-hydrogen) atoms. The van der Waals surface area contributed by atoms with Crippen molar-refractivity contribution in [2.24, 2.45) is 0 Å². The van der Waals surface area contributed by atoms with Crippen LogP contribution in [0.3, 0.4) is 0 Å². The molecule has 0 unspecified atom stereocenters. The van der Waals surface area contributed by atoms with Crippen LogP contribution in [0.5, 0.6) is 0 Å². The van der Waals surface area contributed by atoms with Gasteiger partial charge in [0.2, 0.25) is 0 Å². The number of ether oxygens (including phenoxy) is 1. The van der Waals surface area contributed by atoms with Crippen molar-refractivity contribution >= 4 is 5.82 Å². The quantitative estimate of drug-likeness (QED) is 0.725. The van der Waals surface area contributed by atoms with E-state index in [-0.39, 0.29) is 6.10 Å². The van der Waals surface area contributed by atoms with Gasteiger partial charge in [-0.25, -0.2) is 4.98 Å². The molecule has 1 aromatic heterocycles. The molecule has 0 aliphatic heterocycles. The summed E-state index contributed by atoms with van der Waals surface area (Å²) in [7, 11) is 0. The molecule has 0 bridgehead atoms. The van der Waals surface area contributed by atoms with Gasteiger partial charge in [0, 0.05) is 18.9 Å². The Morgan fingerprint density at radius 3 is 2.71 bits per heavy atom. The second-order valence-electron chi connectivity index (χ2n) is 3.34. The topological polar surface area (TPSA) is 47.0 Å². The van der Waals surface area contributed by atoms with Gasteiger partial charge in [-0.05, 0) is 20.8 Å². The lowest BCUT2D eigenvalue weighted by atomic mass is 10.4. The maximum atomic E-state index is 5.39. The number of nitrogens with one attached hydrogen (secondary N) is 1. The van der Waals surface area contributed by atoms with Gasteiger partial charge in [0.1, 0.15) is 5.82 Å². The zero-order valence-electron chi connectivity index (χ0n) is 8.95. The van der Waals surface area contributed by atoms with Crippen LogP contribution in [0.1, 0.15) is 19.5 Å². The Balaban J connectivity index is 2.28. The predicted molar refractivity (Wildman–Crippen MR) is 56.3 cm³/mol. The van der Waals surface area contributed by atoms with Crippen LogP contribution in [-0.4, -0.2) is 29.2 Å². The number of hydrogen-bond donors (Lipinski definition) is 1. The normalized spacial score (nSPS) is 10.6. The van der Waals surface area contributed by atoms with Crippen LogP contribution in [0.2, 0.25) is 0 Å². The Morgan fingerprint density at radius 2 is 2.07 bits per heavy atom. The van der Waals surface area contributed by atoms with Gasteiger partial charge in [-0.1, -0.05) is 0 Å². The van der Waals surface area contributed by atoms with Gasteiger partial charge in [0.05, 0.1) is 18.4 Å². The van der Waals surface area contributed by atoms with Gasteiger partial charge < -0.3 is 10.1 Å². The number of anilines is 1. The molecule has 1 aromatic rings. The number of aryl methyl sites for hydroxylation is 1. The summed E-state index contributed by atoms with van der Waals surface area (Å²) in [5.74, 6) is 0.833. The zero-order valence-corrected chi connectivity index (χ0v) is 8.95. The number of rotatable bonds is 5. The fourth-order valence-electron chi connectivity index (χ4n) is 1.05. The van der Waals surface area contributed by atoms with E-state index in [2.05, 4.69) is 15.3 Å². The van der Waals surface area contributed by atoms with Crippen molar-refractivity contribution in [3.63, 3.8) is 0 Å². The highest BCUT2D eigenvalue weighted by molar-refractivity contribution is 5.37. The van der Waals surface area contributed by atoms with Gasteiger partial charge in [-0.2, -0.15) is 0 Å². The molecule has 0 aromatic carbocycles. The zero-order chi connectivity index (χ0) is 10.4. The van der Waals surface area contributed by atoms with E-state index in [1.807, 2.05) is 20.8 Å². The molecule has 0 aliphatic carbocycles. The molecule has 78 valence electrons. The summed E-state index contributed by atoms with van der Waals surface area (Å²) in [5, 5.41) is 3.17. The number of hydrogen-bond acceptors (Lipinski definition) is 4. The SMILES string of the molecule is Cc1nccnc1NCCOC(C)C. The van der Waals surface area contributed by atoms with Crippen molar-refractivity contribution in [3.8, 4) is 0 Å². The highest BCUT2D eigenvalue weighted by atomic mass is 16.5. The molecule has 0 fully saturated rings. The largest absolute Gasteiger partial charge is 0.377 e.